The number of hydrogen-bond donors (Lipinski definition) is 1. The summed E-state index contributed by atoms with van der Waals surface area (Å²) in [5, 5.41) is 3.34. The van der Waals surface area contributed by atoms with Crippen molar-refractivity contribution in [3.05, 3.63) is 46.7 Å². The fraction of sp³-hybridized carbons (Fsp3) is 0.250. The second-order valence-corrected chi connectivity index (χ2v) is 4.70. The Morgan fingerprint density at radius 2 is 2.00 bits per heavy atom. The van der Waals surface area contributed by atoms with Gasteiger partial charge in [-0.05, 0) is 35.8 Å². The van der Waals surface area contributed by atoms with Gasteiger partial charge in [-0.15, -0.1) is 0 Å². The zero-order valence-electron chi connectivity index (χ0n) is 9.68. The molecule has 0 aromatic carbocycles. The third kappa shape index (κ3) is 3.00. The molecule has 1 unspecified atom stereocenters. The highest BCUT2D eigenvalue weighted by Crippen LogP contribution is 2.20. The third-order valence-electron chi connectivity index (χ3n) is 2.42. The van der Waals surface area contributed by atoms with Crippen LogP contribution < -0.4 is 5.32 Å². The van der Waals surface area contributed by atoms with E-state index in [1.807, 2.05) is 13.0 Å². The molecule has 0 bridgehead atoms. The maximum atomic E-state index is 4.34. The molecule has 0 amide bonds. The maximum Gasteiger partial charge on any atom is 0.0835 e. The van der Waals surface area contributed by atoms with Crippen LogP contribution in [-0.4, -0.2) is 15.0 Å². The van der Waals surface area contributed by atoms with Crippen molar-refractivity contribution in [2.75, 3.05) is 5.32 Å². The molecule has 2 heterocycles. The van der Waals surface area contributed by atoms with E-state index in [9.17, 15) is 0 Å². The van der Waals surface area contributed by atoms with E-state index in [-0.39, 0.29) is 6.04 Å². The van der Waals surface area contributed by atoms with Crippen LogP contribution >= 0.6 is 15.9 Å². The van der Waals surface area contributed by atoms with E-state index >= 15 is 0 Å². The molecular weight excluding hydrogens is 280 g/mol. The Morgan fingerprint density at radius 1 is 1.24 bits per heavy atom. The minimum absolute atomic E-state index is 0.0970. The molecule has 0 spiro atoms. The second kappa shape index (κ2) is 5.23. The summed E-state index contributed by atoms with van der Waals surface area (Å²) in [5.41, 5.74) is 2.85. The quantitative estimate of drug-likeness (QED) is 0.944. The van der Waals surface area contributed by atoms with E-state index in [2.05, 4.69) is 43.1 Å². The van der Waals surface area contributed by atoms with Gasteiger partial charge in [0.25, 0.3) is 0 Å². The van der Waals surface area contributed by atoms with Crippen molar-refractivity contribution in [2.45, 2.75) is 19.9 Å². The van der Waals surface area contributed by atoms with Gasteiger partial charge < -0.3 is 5.32 Å². The van der Waals surface area contributed by atoms with Gasteiger partial charge >= 0.3 is 0 Å². The molecule has 0 aliphatic rings. The predicted molar refractivity (Wildman–Crippen MR) is 70.7 cm³/mol. The lowest BCUT2D eigenvalue weighted by Crippen LogP contribution is -2.11. The number of pyridine rings is 1. The summed E-state index contributed by atoms with van der Waals surface area (Å²) in [6.07, 6.45) is 6.95. The molecule has 0 radical (unpaired) electrons. The van der Waals surface area contributed by atoms with Gasteiger partial charge in [0.15, 0.2) is 0 Å². The van der Waals surface area contributed by atoms with Gasteiger partial charge in [-0.25, -0.2) is 0 Å². The zero-order valence-corrected chi connectivity index (χ0v) is 11.3. The van der Waals surface area contributed by atoms with Gasteiger partial charge in [-0.1, -0.05) is 0 Å². The summed E-state index contributed by atoms with van der Waals surface area (Å²) < 4.78 is 0.950. The van der Waals surface area contributed by atoms with Crippen molar-refractivity contribution in [1.29, 1.82) is 0 Å². The Hall–Kier alpha value is -1.49. The van der Waals surface area contributed by atoms with Gasteiger partial charge in [0.2, 0.25) is 0 Å². The normalized spacial score (nSPS) is 12.2. The Bertz CT molecular complexity index is 515. The minimum atomic E-state index is 0.0970. The van der Waals surface area contributed by atoms with Crippen LogP contribution in [0.15, 0.2) is 35.3 Å². The lowest BCUT2D eigenvalue weighted by molar-refractivity contribution is 0.809. The average Bonchev–Trinajstić information content (AvgIpc) is 2.29. The lowest BCUT2D eigenvalue weighted by Gasteiger charge is -2.15. The first kappa shape index (κ1) is 12.0. The molecule has 2 aromatic heterocycles. The highest BCUT2D eigenvalue weighted by molar-refractivity contribution is 9.10. The number of rotatable bonds is 3. The summed E-state index contributed by atoms with van der Waals surface area (Å²) >= 11 is 3.39. The molecule has 0 aliphatic heterocycles. The Balaban J connectivity index is 2.17. The summed E-state index contributed by atoms with van der Waals surface area (Å²) in [5.74, 6) is 0. The second-order valence-electron chi connectivity index (χ2n) is 3.78. The Morgan fingerprint density at radius 3 is 2.71 bits per heavy atom. The molecule has 0 aliphatic carbocycles. The van der Waals surface area contributed by atoms with Crippen LogP contribution in [0.4, 0.5) is 5.69 Å². The molecule has 2 aromatic rings. The molecule has 0 saturated carbocycles. The highest BCUT2D eigenvalue weighted by atomic mass is 79.9. The number of aromatic nitrogens is 3. The molecule has 0 fully saturated rings. The molecular formula is C12H13BrN4. The monoisotopic (exact) mass is 292 g/mol. The SMILES string of the molecule is Cc1nccnc1C(C)Nc1cncc(Br)c1. The van der Waals surface area contributed by atoms with E-state index < -0.39 is 0 Å². The Labute approximate surface area is 109 Å². The first-order valence-corrected chi connectivity index (χ1v) is 6.10. The summed E-state index contributed by atoms with van der Waals surface area (Å²) in [4.78, 5) is 12.7. The molecule has 1 atom stereocenters. The number of nitrogens with one attached hydrogen (secondary N) is 1. The molecule has 17 heavy (non-hydrogen) atoms. The first-order valence-electron chi connectivity index (χ1n) is 5.31. The van der Waals surface area contributed by atoms with Gasteiger partial charge in [0.1, 0.15) is 0 Å². The highest BCUT2D eigenvalue weighted by Gasteiger charge is 2.10. The smallest absolute Gasteiger partial charge is 0.0835 e. The zero-order chi connectivity index (χ0) is 12.3. The maximum absolute atomic E-state index is 4.34. The standard InChI is InChI=1S/C12H13BrN4/c1-8-12(16-4-3-15-8)9(2)17-11-5-10(13)6-14-7-11/h3-7,9,17H,1-2H3. The molecule has 4 nitrogen and oxygen atoms in total. The van der Waals surface area contributed by atoms with E-state index in [0.717, 1.165) is 21.5 Å². The van der Waals surface area contributed by atoms with Crippen LogP contribution in [0.3, 0.4) is 0 Å². The van der Waals surface area contributed by atoms with Crippen molar-refractivity contribution >= 4 is 21.6 Å². The predicted octanol–water partition coefficient (Wildman–Crippen LogP) is 3.12. The third-order valence-corrected chi connectivity index (χ3v) is 2.85. The van der Waals surface area contributed by atoms with Crippen LogP contribution in [0.5, 0.6) is 0 Å². The largest absolute Gasteiger partial charge is 0.376 e. The van der Waals surface area contributed by atoms with E-state index in [1.165, 1.54) is 0 Å². The minimum Gasteiger partial charge on any atom is -0.376 e. The fourth-order valence-electron chi connectivity index (χ4n) is 1.65. The van der Waals surface area contributed by atoms with E-state index in [4.69, 9.17) is 0 Å². The molecule has 0 saturated heterocycles. The lowest BCUT2D eigenvalue weighted by atomic mass is 10.2. The topological polar surface area (TPSA) is 50.7 Å². The number of halogens is 1. The molecule has 1 N–H and O–H groups in total. The van der Waals surface area contributed by atoms with Crippen molar-refractivity contribution in [3.63, 3.8) is 0 Å². The van der Waals surface area contributed by atoms with E-state index in [0.29, 0.717) is 0 Å². The first-order chi connectivity index (χ1) is 8.16. The summed E-state index contributed by atoms with van der Waals surface area (Å²) in [6, 6.07) is 2.08. The van der Waals surface area contributed by atoms with Crippen molar-refractivity contribution < 1.29 is 0 Å². The molecule has 5 heteroatoms. The van der Waals surface area contributed by atoms with Gasteiger partial charge in [0.05, 0.1) is 29.3 Å². The van der Waals surface area contributed by atoms with Crippen LogP contribution in [0, 0.1) is 6.92 Å². The van der Waals surface area contributed by atoms with Crippen molar-refractivity contribution in [1.82, 2.24) is 15.0 Å². The average molecular weight is 293 g/mol. The van der Waals surface area contributed by atoms with Gasteiger partial charge in [0, 0.05) is 23.1 Å². The number of anilines is 1. The fourth-order valence-corrected chi connectivity index (χ4v) is 2.02. The van der Waals surface area contributed by atoms with Crippen molar-refractivity contribution in [3.8, 4) is 0 Å². The summed E-state index contributed by atoms with van der Waals surface area (Å²) in [7, 11) is 0. The number of nitrogens with zero attached hydrogens (tertiary/aromatic N) is 3. The van der Waals surface area contributed by atoms with Crippen LogP contribution in [0.1, 0.15) is 24.4 Å². The van der Waals surface area contributed by atoms with Crippen molar-refractivity contribution in [2.24, 2.45) is 0 Å². The Kier molecular flexibility index (Phi) is 3.68. The van der Waals surface area contributed by atoms with E-state index in [1.54, 1.807) is 24.8 Å². The molecule has 2 rings (SSSR count). The van der Waals surface area contributed by atoms with Gasteiger partial charge in [-0.3, -0.25) is 15.0 Å². The van der Waals surface area contributed by atoms with Crippen LogP contribution in [0.25, 0.3) is 0 Å². The summed E-state index contributed by atoms with van der Waals surface area (Å²) in [6.45, 7) is 4.01. The van der Waals surface area contributed by atoms with Crippen LogP contribution in [0.2, 0.25) is 0 Å². The van der Waals surface area contributed by atoms with Gasteiger partial charge in [-0.2, -0.15) is 0 Å². The molecule has 88 valence electrons. The van der Waals surface area contributed by atoms with Crippen LogP contribution in [-0.2, 0) is 0 Å². The number of hydrogen-bond acceptors (Lipinski definition) is 4. The number of aryl methyl sites for hydroxylation is 1.